The number of hydrogen-bond acceptors (Lipinski definition) is 4. The third kappa shape index (κ3) is 6.95. The molecule has 31 heavy (non-hydrogen) atoms. The Bertz CT molecular complexity index is 1000. The maximum atomic E-state index is 13.0. The van der Waals surface area contributed by atoms with Crippen LogP contribution in [0.15, 0.2) is 72.9 Å². The highest BCUT2D eigenvalue weighted by molar-refractivity contribution is 6.30. The van der Waals surface area contributed by atoms with Gasteiger partial charge in [-0.05, 0) is 66.9 Å². The van der Waals surface area contributed by atoms with E-state index in [1.54, 1.807) is 18.3 Å². The van der Waals surface area contributed by atoms with Gasteiger partial charge in [-0.1, -0.05) is 41.9 Å². The van der Waals surface area contributed by atoms with Gasteiger partial charge in [-0.3, -0.25) is 9.78 Å². The van der Waals surface area contributed by atoms with Crippen LogP contribution in [-0.4, -0.2) is 28.6 Å². The molecular weight excluding hydrogens is 412 g/mol. The molecule has 0 aliphatic heterocycles. The predicted octanol–water partition coefficient (Wildman–Crippen LogP) is 4.74. The van der Waals surface area contributed by atoms with E-state index < -0.39 is 0 Å². The first-order valence-electron chi connectivity index (χ1n) is 10.1. The molecule has 1 unspecified atom stereocenters. The average Bonchev–Trinajstić information content (AvgIpc) is 2.78. The van der Waals surface area contributed by atoms with Crippen LogP contribution in [0.25, 0.3) is 11.6 Å². The first-order valence-corrected chi connectivity index (χ1v) is 10.4. The molecule has 160 valence electrons. The fraction of sp³-hybridized carbons (Fsp3) is 0.200. The molecule has 1 atom stereocenters. The minimum absolute atomic E-state index is 0.0139. The summed E-state index contributed by atoms with van der Waals surface area (Å²) in [4.78, 5) is 17.2. The van der Waals surface area contributed by atoms with E-state index in [-0.39, 0.29) is 18.6 Å². The predicted molar refractivity (Wildman–Crippen MR) is 124 cm³/mol. The summed E-state index contributed by atoms with van der Waals surface area (Å²) in [7, 11) is 0. The number of pyridine rings is 1. The molecule has 0 fully saturated rings. The average molecular weight is 437 g/mol. The molecule has 0 radical (unpaired) electrons. The zero-order valence-corrected chi connectivity index (χ0v) is 18.0. The normalized spacial score (nSPS) is 12.3. The number of aliphatic hydroxyl groups excluding tert-OH is 1. The monoisotopic (exact) mass is 436 g/mol. The number of aliphatic hydroxyl groups is 1. The van der Waals surface area contributed by atoms with Crippen molar-refractivity contribution < 1.29 is 14.6 Å². The number of halogens is 1. The first kappa shape index (κ1) is 22.5. The number of ether oxygens (including phenoxy) is 1. The third-order valence-electron chi connectivity index (χ3n) is 4.64. The Hall–Kier alpha value is -3.15. The third-order valence-corrected chi connectivity index (χ3v) is 4.90. The molecule has 0 saturated heterocycles. The summed E-state index contributed by atoms with van der Waals surface area (Å²) in [6.45, 7) is 2.25. The lowest BCUT2D eigenvalue weighted by atomic mass is 10.0. The molecule has 0 bridgehead atoms. The Morgan fingerprint density at radius 1 is 1.13 bits per heavy atom. The SMILES string of the molecule is CC(CCO)NC(=O)C(=Cc1ccc(Cl)cc1)c1ccc(OCc2ccccn2)cc1. The van der Waals surface area contributed by atoms with Crippen LogP contribution in [0.5, 0.6) is 5.75 Å². The zero-order valence-electron chi connectivity index (χ0n) is 17.3. The summed E-state index contributed by atoms with van der Waals surface area (Å²) in [5.41, 5.74) is 2.98. The zero-order chi connectivity index (χ0) is 22.1. The number of aromatic nitrogens is 1. The van der Waals surface area contributed by atoms with E-state index in [1.807, 2.05) is 67.6 Å². The van der Waals surface area contributed by atoms with Gasteiger partial charge in [0.2, 0.25) is 0 Å². The molecular formula is C25H25ClN2O3. The van der Waals surface area contributed by atoms with Gasteiger partial charge in [-0.2, -0.15) is 0 Å². The summed E-state index contributed by atoms with van der Waals surface area (Å²) in [5.74, 6) is 0.479. The van der Waals surface area contributed by atoms with E-state index in [4.69, 9.17) is 21.4 Å². The fourth-order valence-electron chi connectivity index (χ4n) is 2.94. The molecule has 2 aromatic carbocycles. The first-order chi connectivity index (χ1) is 15.0. The lowest BCUT2D eigenvalue weighted by molar-refractivity contribution is -0.116. The molecule has 1 heterocycles. The van der Waals surface area contributed by atoms with Crippen molar-refractivity contribution in [2.24, 2.45) is 0 Å². The topological polar surface area (TPSA) is 71.5 Å². The number of benzene rings is 2. The minimum Gasteiger partial charge on any atom is -0.487 e. The molecule has 1 aromatic heterocycles. The van der Waals surface area contributed by atoms with Gasteiger partial charge in [-0.15, -0.1) is 0 Å². The molecule has 3 rings (SSSR count). The second-order valence-electron chi connectivity index (χ2n) is 7.13. The van der Waals surface area contributed by atoms with Gasteiger partial charge in [0, 0.05) is 29.4 Å². The molecule has 6 heteroatoms. The Kier molecular flexibility index (Phi) is 8.21. The second-order valence-corrected chi connectivity index (χ2v) is 7.57. The summed E-state index contributed by atoms with van der Waals surface area (Å²) in [6.07, 6.45) is 4.04. The number of hydrogen-bond donors (Lipinski definition) is 2. The van der Waals surface area contributed by atoms with Crippen LogP contribution in [0, 0.1) is 0 Å². The summed E-state index contributed by atoms with van der Waals surface area (Å²) < 4.78 is 5.79. The molecule has 0 spiro atoms. The van der Waals surface area contributed by atoms with Gasteiger partial charge in [0.05, 0.1) is 5.69 Å². The Balaban J connectivity index is 1.80. The van der Waals surface area contributed by atoms with E-state index in [0.29, 0.717) is 29.4 Å². The van der Waals surface area contributed by atoms with Crippen molar-refractivity contribution in [1.82, 2.24) is 10.3 Å². The Labute approximate surface area is 187 Å². The van der Waals surface area contributed by atoms with Crippen LogP contribution in [0.1, 0.15) is 30.2 Å². The maximum Gasteiger partial charge on any atom is 0.252 e. The number of amides is 1. The van der Waals surface area contributed by atoms with Gasteiger partial charge >= 0.3 is 0 Å². The maximum absolute atomic E-state index is 13.0. The van der Waals surface area contributed by atoms with E-state index in [9.17, 15) is 4.79 Å². The van der Waals surface area contributed by atoms with Gasteiger partial charge < -0.3 is 15.2 Å². The molecule has 0 aliphatic rings. The summed E-state index contributed by atoms with van der Waals surface area (Å²) >= 11 is 5.98. The smallest absolute Gasteiger partial charge is 0.252 e. The van der Waals surface area contributed by atoms with Crippen LogP contribution in [0.4, 0.5) is 0 Å². The number of rotatable bonds is 9. The number of nitrogens with zero attached hydrogens (tertiary/aromatic N) is 1. The van der Waals surface area contributed by atoms with Crippen LogP contribution in [0.2, 0.25) is 5.02 Å². The van der Waals surface area contributed by atoms with E-state index >= 15 is 0 Å². The molecule has 3 aromatic rings. The number of nitrogens with one attached hydrogen (secondary N) is 1. The van der Waals surface area contributed by atoms with Crippen molar-refractivity contribution in [1.29, 1.82) is 0 Å². The summed E-state index contributed by atoms with van der Waals surface area (Å²) in [5, 5.41) is 12.7. The van der Waals surface area contributed by atoms with Gasteiger partial charge in [0.1, 0.15) is 12.4 Å². The minimum atomic E-state index is -0.210. The standard InChI is InChI=1S/C25H25ClN2O3/c1-18(13-15-29)28-25(30)24(16-19-5-9-21(26)10-6-19)20-7-11-23(12-8-20)31-17-22-4-2-3-14-27-22/h2-12,14,16,18,29H,13,15,17H2,1H3,(H,28,30). The van der Waals surface area contributed by atoms with Gasteiger partial charge in [0.25, 0.3) is 5.91 Å². The highest BCUT2D eigenvalue weighted by Crippen LogP contribution is 2.23. The van der Waals surface area contributed by atoms with E-state index in [1.165, 1.54) is 0 Å². The molecule has 2 N–H and O–H groups in total. The van der Waals surface area contributed by atoms with E-state index in [0.717, 1.165) is 16.8 Å². The Morgan fingerprint density at radius 2 is 1.87 bits per heavy atom. The van der Waals surface area contributed by atoms with Crippen LogP contribution in [-0.2, 0) is 11.4 Å². The summed E-state index contributed by atoms with van der Waals surface area (Å²) in [6, 6.07) is 20.2. The van der Waals surface area contributed by atoms with Crippen LogP contribution < -0.4 is 10.1 Å². The van der Waals surface area contributed by atoms with Crippen molar-refractivity contribution in [3.8, 4) is 5.75 Å². The van der Waals surface area contributed by atoms with Crippen molar-refractivity contribution >= 4 is 29.2 Å². The Morgan fingerprint density at radius 3 is 2.52 bits per heavy atom. The lowest BCUT2D eigenvalue weighted by Gasteiger charge is -2.15. The number of carbonyl (C=O) groups excluding carboxylic acids is 1. The molecule has 1 amide bonds. The molecule has 0 saturated carbocycles. The lowest BCUT2D eigenvalue weighted by Crippen LogP contribution is -2.33. The van der Waals surface area contributed by atoms with Crippen molar-refractivity contribution in [2.45, 2.75) is 26.0 Å². The molecule has 0 aliphatic carbocycles. The highest BCUT2D eigenvalue weighted by atomic mass is 35.5. The van der Waals surface area contributed by atoms with Crippen LogP contribution in [0.3, 0.4) is 0 Å². The van der Waals surface area contributed by atoms with Crippen molar-refractivity contribution in [2.75, 3.05) is 6.61 Å². The van der Waals surface area contributed by atoms with Crippen molar-refractivity contribution in [3.63, 3.8) is 0 Å². The second kappa shape index (κ2) is 11.3. The van der Waals surface area contributed by atoms with Crippen molar-refractivity contribution in [3.05, 3.63) is 94.8 Å². The van der Waals surface area contributed by atoms with E-state index in [2.05, 4.69) is 10.3 Å². The van der Waals surface area contributed by atoms with Crippen LogP contribution >= 0.6 is 11.6 Å². The van der Waals surface area contributed by atoms with Gasteiger partial charge in [-0.25, -0.2) is 0 Å². The number of carbonyl (C=O) groups is 1. The fourth-order valence-corrected chi connectivity index (χ4v) is 3.07. The van der Waals surface area contributed by atoms with Gasteiger partial charge in [0.15, 0.2) is 0 Å². The molecule has 5 nitrogen and oxygen atoms in total. The largest absolute Gasteiger partial charge is 0.487 e. The highest BCUT2D eigenvalue weighted by Gasteiger charge is 2.15. The quantitative estimate of drug-likeness (QED) is 0.375.